The number of hydrogen-bond donors (Lipinski definition) is 2. The molecule has 2 aromatic carbocycles. The number of nitrogens with zero attached hydrogens (tertiary/aromatic N) is 4. The van der Waals surface area contributed by atoms with Crippen LogP contribution in [-0.4, -0.2) is 61.6 Å². The summed E-state index contributed by atoms with van der Waals surface area (Å²) in [5.41, 5.74) is 4.52. The molecule has 4 heterocycles. The van der Waals surface area contributed by atoms with E-state index in [1.54, 1.807) is 23.1 Å². The molecule has 2 amide bonds. The summed E-state index contributed by atoms with van der Waals surface area (Å²) in [6.45, 7) is 1.68. The molecule has 4 aromatic rings. The van der Waals surface area contributed by atoms with E-state index in [1.807, 2.05) is 35.4 Å². The number of aromatic amines is 2. The van der Waals surface area contributed by atoms with Gasteiger partial charge in [0.25, 0.3) is 11.8 Å². The summed E-state index contributed by atoms with van der Waals surface area (Å²) in [7, 11) is 0. The van der Waals surface area contributed by atoms with Crippen LogP contribution in [0.25, 0.3) is 21.9 Å². The number of hydrogen-bond acceptors (Lipinski definition) is 4. The summed E-state index contributed by atoms with van der Waals surface area (Å²) in [5, 5.41) is 12.1. The summed E-state index contributed by atoms with van der Waals surface area (Å²) in [6, 6.07) is 12.7. The standard InChI is InChI=1S/C22H17ClN6O2/c23-16-3-1-12-5-20(24-18(12)7-16)22(31)29-10-14-8-28(9-15(14)11-29)21(30)13-2-4-17-19(6-13)26-27-25-17/h1-7,10,15,24H,8-9,11H2,(H,25,26,27)/t15-/m1/s1. The SMILES string of the molecule is O=C(c1cc2ccc(Cl)cc2[nH]1)N1C=C2CN(C(=O)c3ccc4[nH]nnc4c3)C[C@@H]2C1. The molecule has 8 nitrogen and oxygen atoms in total. The van der Waals surface area contributed by atoms with Gasteiger partial charge in [0.2, 0.25) is 0 Å². The average Bonchev–Trinajstić information content (AvgIpc) is 3.53. The molecule has 31 heavy (non-hydrogen) atoms. The van der Waals surface area contributed by atoms with Gasteiger partial charge in [0.1, 0.15) is 11.2 Å². The van der Waals surface area contributed by atoms with Gasteiger partial charge in [0.15, 0.2) is 0 Å². The third kappa shape index (κ3) is 2.98. The highest BCUT2D eigenvalue weighted by Crippen LogP contribution is 2.32. The van der Waals surface area contributed by atoms with Gasteiger partial charge in [-0.15, -0.1) is 5.10 Å². The van der Waals surface area contributed by atoms with Crippen LogP contribution in [0.5, 0.6) is 0 Å². The molecule has 154 valence electrons. The van der Waals surface area contributed by atoms with Crippen LogP contribution in [0.4, 0.5) is 0 Å². The quantitative estimate of drug-likeness (QED) is 0.508. The average molecular weight is 433 g/mol. The summed E-state index contributed by atoms with van der Waals surface area (Å²) >= 11 is 6.04. The van der Waals surface area contributed by atoms with Crippen LogP contribution in [0.3, 0.4) is 0 Å². The van der Waals surface area contributed by atoms with Crippen molar-refractivity contribution < 1.29 is 9.59 Å². The second-order valence-corrected chi connectivity index (χ2v) is 8.44. The number of benzene rings is 2. The molecule has 6 rings (SSSR count). The van der Waals surface area contributed by atoms with E-state index in [9.17, 15) is 9.59 Å². The third-order valence-corrected chi connectivity index (χ3v) is 6.25. The maximum absolute atomic E-state index is 13.0. The predicted octanol–water partition coefficient (Wildman–Crippen LogP) is 3.20. The van der Waals surface area contributed by atoms with Gasteiger partial charge in [-0.05, 0) is 42.0 Å². The zero-order valence-corrected chi connectivity index (χ0v) is 17.1. The monoisotopic (exact) mass is 432 g/mol. The molecule has 2 aliphatic rings. The number of carbonyl (C=O) groups excluding carboxylic acids is 2. The van der Waals surface area contributed by atoms with Crippen molar-refractivity contribution in [3.63, 3.8) is 0 Å². The summed E-state index contributed by atoms with van der Waals surface area (Å²) in [5.74, 6) is 0.0386. The Bertz CT molecular complexity index is 1400. The van der Waals surface area contributed by atoms with Gasteiger partial charge in [0, 0.05) is 53.2 Å². The van der Waals surface area contributed by atoms with Crippen molar-refractivity contribution >= 4 is 45.4 Å². The smallest absolute Gasteiger partial charge is 0.274 e. The molecule has 2 N–H and O–H groups in total. The first-order chi connectivity index (χ1) is 15.0. The lowest BCUT2D eigenvalue weighted by Crippen LogP contribution is -2.33. The van der Waals surface area contributed by atoms with Crippen LogP contribution in [0, 0.1) is 5.92 Å². The fraction of sp³-hybridized carbons (Fsp3) is 0.182. The number of nitrogens with one attached hydrogen (secondary N) is 2. The van der Waals surface area contributed by atoms with Crippen molar-refractivity contribution in [3.8, 4) is 0 Å². The van der Waals surface area contributed by atoms with Crippen LogP contribution in [0.15, 0.2) is 54.2 Å². The van der Waals surface area contributed by atoms with Gasteiger partial charge >= 0.3 is 0 Å². The van der Waals surface area contributed by atoms with Crippen LogP contribution < -0.4 is 0 Å². The number of amides is 2. The molecule has 9 heteroatoms. The molecular weight excluding hydrogens is 416 g/mol. The Kier molecular flexibility index (Phi) is 3.91. The first-order valence-corrected chi connectivity index (χ1v) is 10.3. The maximum atomic E-state index is 13.0. The Labute approximate surface area is 181 Å². The highest BCUT2D eigenvalue weighted by atomic mass is 35.5. The molecule has 0 unspecified atom stereocenters. The van der Waals surface area contributed by atoms with E-state index in [1.165, 1.54) is 0 Å². The zero-order chi connectivity index (χ0) is 21.1. The fourth-order valence-electron chi connectivity index (χ4n) is 4.43. The van der Waals surface area contributed by atoms with Crippen LogP contribution in [-0.2, 0) is 0 Å². The van der Waals surface area contributed by atoms with Gasteiger partial charge in [-0.25, -0.2) is 0 Å². The molecule has 0 saturated carbocycles. The van der Waals surface area contributed by atoms with Gasteiger partial charge in [-0.3, -0.25) is 14.7 Å². The summed E-state index contributed by atoms with van der Waals surface area (Å²) in [4.78, 5) is 32.7. The zero-order valence-electron chi connectivity index (χ0n) is 16.3. The molecule has 2 aromatic heterocycles. The van der Waals surface area contributed by atoms with Gasteiger partial charge in [-0.1, -0.05) is 22.9 Å². The number of aromatic nitrogens is 4. The van der Waals surface area contributed by atoms with Crippen LogP contribution >= 0.6 is 11.6 Å². The van der Waals surface area contributed by atoms with E-state index in [-0.39, 0.29) is 17.7 Å². The number of likely N-dealkylation sites (tertiary alicyclic amines) is 1. The largest absolute Gasteiger partial charge is 0.350 e. The van der Waals surface area contributed by atoms with Gasteiger partial charge in [0.05, 0.1) is 5.52 Å². The molecule has 1 saturated heterocycles. The Morgan fingerprint density at radius 1 is 1.03 bits per heavy atom. The van der Waals surface area contributed by atoms with Gasteiger partial charge < -0.3 is 14.8 Å². The minimum absolute atomic E-state index is 0.0365. The van der Waals surface area contributed by atoms with Crippen molar-refractivity contribution in [2.24, 2.45) is 5.92 Å². The molecular formula is C22H17ClN6O2. The summed E-state index contributed by atoms with van der Waals surface area (Å²) in [6.07, 6.45) is 1.89. The maximum Gasteiger partial charge on any atom is 0.274 e. The van der Waals surface area contributed by atoms with E-state index in [0.29, 0.717) is 41.4 Å². The Morgan fingerprint density at radius 2 is 1.94 bits per heavy atom. The Balaban J connectivity index is 1.19. The van der Waals surface area contributed by atoms with E-state index in [4.69, 9.17) is 11.6 Å². The van der Waals surface area contributed by atoms with E-state index < -0.39 is 0 Å². The molecule has 0 aliphatic carbocycles. The first kappa shape index (κ1) is 18.1. The molecule has 0 spiro atoms. The first-order valence-electron chi connectivity index (χ1n) is 9.95. The lowest BCUT2D eigenvalue weighted by atomic mass is 10.1. The summed E-state index contributed by atoms with van der Waals surface area (Å²) < 4.78 is 0. The van der Waals surface area contributed by atoms with Gasteiger partial charge in [-0.2, -0.15) is 0 Å². The number of halogens is 1. The normalized spacial score (nSPS) is 18.1. The van der Waals surface area contributed by atoms with E-state index in [2.05, 4.69) is 20.4 Å². The molecule has 1 fully saturated rings. The predicted molar refractivity (Wildman–Crippen MR) is 116 cm³/mol. The third-order valence-electron chi connectivity index (χ3n) is 6.01. The highest BCUT2D eigenvalue weighted by Gasteiger charge is 2.37. The van der Waals surface area contributed by atoms with Crippen molar-refractivity contribution in [1.82, 2.24) is 30.2 Å². The molecule has 0 bridgehead atoms. The van der Waals surface area contributed by atoms with E-state index >= 15 is 0 Å². The molecule has 0 radical (unpaired) electrons. The molecule has 1 atom stereocenters. The van der Waals surface area contributed by atoms with Crippen LogP contribution in [0.1, 0.15) is 20.8 Å². The minimum Gasteiger partial charge on any atom is -0.350 e. The van der Waals surface area contributed by atoms with Crippen molar-refractivity contribution in [3.05, 3.63) is 70.5 Å². The number of carbonyl (C=O) groups is 2. The van der Waals surface area contributed by atoms with Crippen molar-refractivity contribution in [2.45, 2.75) is 0 Å². The van der Waals surface area contributed by atoms with Crippen molar-refractivity contribution in [1.29, 1.82) is 0 Å². The van der Waals surface area contributed by atoms with Crippen molar-refractivity contribution in [2.75, 3.05) is 19.6 Å². The topological polar surface area (TPSA) is 98.0 Å². The molecule has 2 aliphatic heterocycles. The Morgan fingerprint density at radius 3 is 2.81 bits per heavy atom. The second-order valence-electron chi connectivity index (χ2n) is 8.00. The fourth-order valence-corrected chi connectivity index (χ4v) is 4.60. The Hall–Kier alpha value is -3.65. The number of fused-ring (bicyclic) bond motifs is 3. The second kappa shape index (κ2) is 6.68. The van der Waals surface area contributed by atoms with E-state index in [0.717, 1.165) is 22.0 Å². The number of rotatable bonds is 2. The highest BCUT2D eigenvalue weighted by molar-refractivity contribution is 6.31. The lowest BCUT2D eigenvalue weighted by molar-refractivity contribution is 0.0772. The van der Waals surface area contributed by atoms with Crippen LogP contribution in [0.2, 0.25) is 5.02 Å². The minimum atomic E-state index is -0.0800. The lowest BCUT2D eigenvalue weighted by Gasteiger charge is -2.19. The number of H-pyrrole nitrogens is 2.